The van der Waals surface area contributed by atoms with Crippen LogP contribution in [-0.4, -0.2) is 12.0 Å². The Morgan fingerprint density at radius 3 is 2.33 bits per heavy atom. The molecule has 3 heteroatoms. The highest BCUT2D eigenvalue weighted by Crippen LogP contribution is 2.47. The van der Waals surface area contributed by atoms with E-state index in [9.17, 15) is 8.78 Å². The van der Waals surface area contributed by atoms with Gasteiger partial charge >= 0.3 is 0 Å². The van der Waals surface area contributed by atoms with Crippen molar-refractivity contribution >= 4 is 5.69 Å². The SMILES string of the molecule is Cc1ccc([C@H]2[C@@H](Nc3ccccc3)CCC2(F)F)cc1. The van der Waals surface area contributed by atoms with Crippen molar-refractivity contribution in [2.45, 2.75) is 37.6 Å². The van der Waals surface area contributed by atoms with Crippen LogP contribution in [0.5, 0.6) is 0 Å². The Morgan fingerprint density at radius 1 is 1.00 bits per heavy atom. The summed E-state index contributed by atoms with van der Waals surface area (Å²) in [7, 11) is 0. The first-order valence-electron chi connectivity index (χ1n) is 7.32. The fourth-order valence-corrected chi connectivity index (χ4v) is 3.12. The summed E-state index contributed by atoms with van der Waals surface area (Å²) >= 11 is 0. The third-order valence-electron chi connectivity index (χ3n) is 4.21. The second kappa shape index (κ2) is 5.47. The molecule has 1 N–H and O–H groups in total. The average molecular weight is 287 g/mol. The number of nitrogens with one attached hydrogen (secondary N) is 1. The molecule has 0 heterocycles. The number of benzene rings is 2. The number of rotatable bonds is 3. The maximum atomic E-state index is 14.3. The van der Waals surface area contributed by atoms with Gasteiger partial charge in [-0.25, -0.2) is 8.78 Å². The minimum absolute atomic E-state index is 0.0595. The van der Waals surface area contributed by atoms with E-state index in [0.29, 0.717) is 6.42 Å². The number of anilines is 1. The minimum Gasteiger partial charge on any atom is -0.381 e. The number of hydrogen-bond acceptors (Lipinski definition) is 1. The van der Waals surface area contributed by atoms with Crippen LogP contribution in [0.4, 0.5) is 14.5 Å². The third-order valence-corrected chi connectivity index (χ3v) is 4.21. The molecule has 0 saturated heterocycles. The van der Waals surface area contributed by atoms with Gasteiger partial charge in [0.15, 0.2) is 0 Å². The molecule has 2 atom stereocenters. The monoisotopic (exact) mass is 287 g/mol. The first kappa shape index (κ1) is 14.1. The van der Waals surface area contributed by atoms with Gasteiger partial charge in [-0.2, -0.15) is 0 Å². The maximum absolute atomic E-state index is 14.3. The lowest BCUT2D eigenvalue weighted by atomic mass is 9.91. The van der Waals surface area contributed by atoms with Gasteiger partial charge in [0, 0.05) is 18.2 Å². The number of halogens is 2. The van der Waals surface area contributed by atoms with Crippen molar-refractivity contribution in [3.63, 3.8) is 0 Å². The van der Waals surface area contributed by atoms with E-state index in [1.165, 1.54) is 0 Å². The third kappa shape index (κ3) is 2.92. The zero-order valence-corrected chi connectivity index (χ0v) is 12.0. The van der Waals surface area contributed by atoms with Crippen LogP contribution in [0.3, 0.4) is 0 Å². The molecule has 2 aromatic carbocycles. The topological polar surface area (TPSA) is 12.0 Å². The molecule has 21 heavy (non-hydrogen) atoms. The first-order valence-corrected chi connectivity index (χ1v) is 7.32. The molecule has 0 amide bonds. The van der Waals surface area contributed by atoms with Crippen LogP contribution in [0.25, 0.3) is 0 Å². The predicted octanol–water partition coefficient (Wildman–Crippen LogP) is 4.99. The lowest BCUT2D eigenvalue weighted by molar-refractivity contribution is -0.0101. The van der Waals surface area contributed by atoms with E-state index in [1.54, 1.807) is 0 Å². The Balaban J connectivity index is 1.87. The number of aryl methyl sites for hydroxylation is 1. The molecule has 3 rings (SSSR count). The van der Waals surface area contributed by atoms with E-state index in [4.69, 9.17) is 0 Å². The van der Waals surface area contributed by atoms with Gasteiger partial charge in [-0.15, -0.1) is 0 Å². The molecule has 1 aliphatic rings. The molecule has 1 nitrogen and oxygen atoms in total. The lowest BCUT2D eigenvalue weighted by Gasteiger charge is -2.26. The zero-order valence-electron chi connectivity index (χ0n) is 12.0. The molecular weight excluding hydrogens is 268 g/mol. The minimum atomic E-state index is -2.65. The molecule has 0 bridgehead atoms. The average Bonchev–Trinajstić information content (AvgIpc) is 2.76. The van der Waals surface area contributed by atoms with Crippen LogP contribution in [0.1, 0.15) is 29.9 Å². The molecule has 1 aliphatic carbocycles. The van der Waals surface area contributed by atoms with Crippen LogP contribution < -0.4 is 5.32 Å². The summed E-state index contributed by atoms with van der Waals surface area (Å²) < 4.78 is 28.6. The normalized spacial score (nSPS) is 24.0. The fourth-order valence-electron chi connectivity index (χ4n) is 3.12. The highest BCUT2D eigenvalue weighted by molar-refractivity contribution is 5.45. The second-order valence-corrected chi connectivity index (χ2v) is 5.80. The van der Waals surface area contributed by atoms with Crippen molar-refractivity contribution in [1.29, 1.82) is 0 Å². The van der Waals surface area contributed by atoms with Crippen molar-refractivity contribution < 1.29 is 8.78 Å². The number of hydrogen-bond donors (Lipinski definition) is 1. The van der Waals surface area contributed by atoms with Gasteiger partial charge in [-0.1, -0.05) is 48.0 Å². The van der Waals surface area contributed by atoms with Gasteiger partial charge in [-0.3, -0.25) is 0 Å². The Morgan fingerprint density at radius 2 is 1.67 bits per heavy atom. The second-order valence-electron chi connectivity index (χ2n) is 5.80. The number of alkyl halides is 2. The van der Waals surface area contributed by atoms with Crippen LogP contribution in [0.2, 0.25) is 0 Å². The highest BCUT2D eigenvalue weighted by Gasteiger charge is 2.50. The van der Waals surface area contributed by atoms with Crippen molar-refractivity contribution in [2.75, 3.05) is 5.32 Å². The molecule has 1 fully saturated rings. The zero-order chi connectivity index (χ0) is 14.9. The van der Waals surface area contributed by atoms with Gasteiger partial charge in [0.2, 0.25) is 0 Å². The summed E-state index contributed by atoms with van der Waals surface area (Å²) in [5, 5.41) is 3.28. The largest absolute Gasteiger partial charge is 0.381 e. The summed E-state index contributed by atoms with van der Waals surface area (Å²) in [4.78, 5) is 0. The van der Waals surface area contributed by atoms with Crippen molar-refractivity contribution in [2.24, 2.45) is 0 Å². The van der Waals surface area contributed by atoms with Gasteiger partial charge in [0.1, 0.15) is 0 Å². The van der Waals surface area contributed by atoms with Crippen molar-refractivity contribution in [3.8, 4) is 0 Å². The molecule has 0 aromatic heterocycles. The van der Waals surface area contributed by atoms with Gasteiger partial charge in [0.25, 0.3) is 5.92 Å². The van der Waals surface area contributed by atoms with Crippen LogP contribution in [0.15, 0.2) is 54.6 Å². The Labute approximate surface area is 124 Å². The van der Waals surface area contributed by atoms with E-state index < -0.39 is 11.8 Å². The van der Waals surface area contributed by atoms with Crippen molar-refractivity contribution in [3.05, 3.63) is 65.7 Å². The molecule has 2 aromatic rings. The van der Waals surface area contributed by atoms with Crippen LogP contribution >= 0.6 is 0 Å². The molecule has 0 unspecified atom stereocenters. The maximum Gasteiger partial charge on any atom is 0.256 e. The van der Waals surface area contributed by atoms with Crippen molar-refractivity contribution in [1.82, 2.24) is 0 Å². The van der Waals surface area contributed by atoms with Crippen LogP contribution in [-0.2, 0) is 0 Å². The standard InChI is InChI=1S/C18H19F2N/c1-13-7-9-14(10-8-13)17-16(11-12-18(17,19)20)21-15-5-3-2-4-6-15/h2-10,16-17,21H,11-12H2,1H3/t16-,17-/m0/s1. The number of para-hydroxylation sites is 1. The summed E-state index contributed by atoms with van der Waals surface area (Å²) in [5.74, 6) is -3.42. The van der Waals surface area contributed by atoms with E-state index >= 15 is 0 Å². The van der Waals surface area contributed by atoms with Gasteiger partial charge < -0.3 is 5.32 Å². The molecule has 110 valence electrons. The smallest absolute Gasteiger partial charge is 0.256 e. The van der Waals surface area contributed by atoms with E-state index in [2.05, 4.69) is 5.32 Å². The summed E-state index contributed by atoms with van der Waals surface area (Å²) in [5.41, 5.74) is 2.71. The van der Waals surface area contributed by atoms with Gasteiger partial charge in [0.05, 0.1) is 5.92 Å². The van der Waals surface area contributed by atoms with E-state index in [1.807, 2.05) is 61.5 Å². The quantitative estimate of drug-likeness (QED) is 0.838. The van der Waals surface area contributed by atoms with Gasteiger partial charge in [-0.05, 0) is 31.0 Å². The molecule has 0 radical (unpaired) electrons. The Kier molecular flexibility index (Phi) is 3.66. The Hall–Kier alpha value is -1.90. The highest BCUT2D eigenvalue weighted by atomic mass is 19.3. The molecule has 0 aliphatic heterocycles. The first-order chi connectivity index (χ1) is 10.1. The lowest BCUT2D eigenvalue weighted by Crippen LogP contribution is -2.31. The summed E-state index contributed by atoms with van der Waals surface area (Å²) in [6.07, 6.45) is 0.427. The van der Waals surface area contributed by atoms with Crippen LogP contribution in [0, 0.1) is 6.92 Å². The molecular formula is C18H19F2N. The molecule has 1 saturated carbocycles. The molecule has 0 spiro atoms. The summed E-state index contributed by atoms with van der Waals surface area (Å²) in [6, 6.07) is 16.8. The van der Waals surface area contributed by atoms with E-state index in [0.717, 1.165) is 16.8 Å². The predicted molar refractivity (Wildman–Crippen MR) is 82.0 cm³/mol. The fraction of sp³-hybridized carbons (Fsp3) is 0.333. The van der Waals surface area contributed by atoms with E-state index in [-0.39, 0.29) is 12.5 Å². The summed E-state index contributed by atoms with van der Waals surface area (Å²) in [6.45, 7) is 1.97. The Bertz CT molecular complexity index is 592.